The molecule has 0 aliphatic rings. The Bertz CT molecular complexity index is 81.0. The second-order valence-electron chi connectivity index (χ2n) is 3.00. The minimum absolute atomic E-state index is 0.685. The molecule has 0 bridgehead atoms. The minimum atomic E-state index is -0.939. The van der Waals surface area contributed by atoms with Crippen molar-refractivity contribution in [3.8, 4) is 0 Å². The Morgan fingerprint density at radius 2 is 1.88 bits per heavy atom. The van der Waals surface area contributed by atoms with Crippen molar-refractivity contribution in [3.63, 3.8) is 0 Å². The molecule has 0 spiro atoms. The van der Waals surface area contributed by atoms with E-state index in [1.165, 1.54) is 0 Å². The van der Waals surface area contributed by atoms with Crippen LogP contribution >= 0.6 is 0 Å². The highest BCUT2D eigenvalue weighted by Gasteiger charge is 2.05. The summed E-state index contributed by atoms with van der Waals surface area (Å²) < 4.78 is 0. The van der Waals surface area contributed by atoms with Crippen molar-refractivity contribution in [2.45, 2.75) is 19.6 Å². The molecule has 0 aliphatic carbocycles. The first-order chi connectivity index (χ1) is 3.56. The summed E-state index contributed by atoms with van der Waals surface area (Å²) in [5, 5.41) is 0. The van der Waals surface area contributed by atoms with Crippen LogP contribution in [0.2, 0.25) is 19.6 Å². The van der Waals surface area contributed by atoms with Gasteiger partial charge in [-0.25, -0.2) is 0 Å². The molecule has 48 valence electrons. The molecule has 0 atom stereocenters. The summed E-state index contributed by atoms with van der Waals surface area (Å²) in [7, 11) is -0.939. The lowest BCUT2D eigenvalue weighted by atomic mass is 10.7. The molecule has 0 aromatic rings. The van der Waals surface area contributed by atoms with Gasteiger partial charge in [-0.3, -0.25) is 0 Å². The molecule has 2 N–H and O–H groups in total. The average molecular weight is 129 g/mol. The predicted octanol–water partition coefficient (Wildman–Crippen LogP) is 1.38. The zero-order valence-electron chi connectivity index (χ0n) is 5.94. The SMILES string of the molecule is C[Si](C)(C)C=CCN. The fraction of sp³-hybridized carbons (Fsp3) is 0.667. The topological polar surface area (TPSA) is 26.0 Å². The van der Waals surface area contributed by atoms with Crippen LogP contribution in [0.3, 0.4) is 0 Å². The van der Waals surface area contributed by atoms with E-state index in [1.807, 2.05) is 6.08 Å². The lowest BCUT2D eigenvalue weighted by Gasteiger charge is -2.06. The second-order valence-corrected chi connectivity index (χ2v) is 8.07. The lowest BCUT2D eigenvalue weighted by molar-refractivity contribution is 1.26. The van der Waals surface area contributed by atoms with Crippen LogP contribution in [0.4, 0.5) is 0 Å². The van der Waals surface area contributed by atoms with Crippen molar-refractivity contribution < 1.29 is 0 Å². The maximum Gasteiger partial charge on any atom is 0.0683 e. The third-order valence-electron chi connectivity index (χ3n) is 0.754. The van der Waals surface area contributed by atoms with Gasteiger partial charge in [0.2, 0.25) is 0 Å². The van der Waals surface area contributed by atoms with Gasteiger partial charge in [-0.1, -0.05) is 31.4 Å². The van der Waals surface area contributed by atoms with E-state index in [2.05, 4.69) is 25.3 Å². The van der Waals surface area contributed by atoms with Gasteiger partial charge in [0, 0.05) is 6.54 Å². The molecule has 2 heteroatoms. The molecule has 0 unspecified atom stereocenters. The quantitative estimate of drug-likeness (QED) is 0.560. The van der Waals surface area contributed by atoms with Gasteiger partial charge < -0.3 is 5.73 Å². The van der Waals surface area contributed by atoms with Crippen LogP contribution in [-0.2, 0) is 0 Å². The molecule has 0 aromatic carbocycles. The average Bonchev–Trinajstić information content (AvgIpc) is 1.59. The molecule has 8 heavy (non-hydrogen) atoms. The van der Waals surface area contributed by atoms with E-state index in [1.54, 1.807) is 0 Å². The van der Waals surface area contributed by atoms with Crippen molar-refractivity contribution in [3.05, 3.63) is 11.8 Å². The van der Waals surface area contributed by atoms with E-state index in [0.717, 1.165) is 0 Å². The van der Waals surface area contributed by atoms with Crippen LogP contribution in [0.15, 0.2) is 11.8 Å². The Balaban J connectivity index is 3.52. The Morgan fingerprint density at radius 1 is 1.38 bits per heavy atom. The molecular formula is C6H15NSi. The standard InChI is InChI=1S/C6H15NSi/c1-8(2,3)6-4-5-7/h4,6H,5,7H2,1-3H3. The normalized spacial score (nSPS) is 13.0. The van der Waals surface area contributed by atoms with Gasteiger partial charge in [0.25, 0.3) is 0 Å². The summed E-state index contributed by atoms with van der Waals surface area (Å²) in [4.78, 5) is 0. The van der Waals surface area contributed by atoms with Gasteiger partial charge in [-0.2, -0.15) is 0 Å². The third-order valence-corrected chi connectivity index (χ3v) is 1.99. The molecule has 1 nitrogen and oxygen atoms in total. The van der Waals surface area contributed by atoms with Crippen LogP contribution in [0.1, 0.15) is 0 Å². The summed E-state index contributed by atoms with van der Waals surface area (Å²) in [6.45, 7) is 7.56. The van der Waals surface area contributed by atoms with Gasteiger partial charge in [-0.15, -0.1) is 0 Å². The van der Waals surface area contributed by atoms with Crippen LogP contribution in [0.5, 0.6) is 0 Å². The van der Waals surface area contributed by atoms with Gasteiger partial charge in [0.15, 0.2) is 0 Å². The Kier molecular flexibility index (Phi) is 3.01. The van der Waals surface area contributed by atoms with Gasteiger partial charge in [0.1, 0.15) is 0 Å². The van der Waals surface area contributed by atoms with E-state index in [-0.39, 0.29) is 0 Å². The van der Waals surface area contributed by atoms with Crippen molar-refractivity contribution in [1.82, 2.24) is 0 Å². The fourth-order valence-electron chi connectivity index (χ4n) is 0.422. The van der Waals surface area contributed by atoms with E-state index < -0.39 is 8.07 Å². The number of rotatable bonds is 2. The molecule has 0 saturated carbocycles. The Morgan fingerprint density at radius 3 is 2.00 bits per heavy atom. The third kappa shape index (κ3) is 5.92. The predicted molar refractivity (Wildman–Crippen MR) is 41.5 cm³/mol. The molecule has 0 amide bonds. The minimum Gasteiger partial charge on any atom is -0.327 e. The number of hydrogen-bond acceptors (Lipinski definition) is 1. The van der Waals surface area contributed by atoms with Crippen molar-refractivity contribution >= 4 is 8.07 Å². The first kappa shape index (κ1) is 7.92. The summed E-state index contributed by atoms with van der Waals surface area (Å²) >= 11 is 0. The molecule has 0 radical (unpaired) electrons. The van der Waals surface area contributed by atoms with E-state index in [4.69, 9.17) is 5.73 Å². The van der Waals surface area contributed by atoms with Crippen molar-refractivity contribution in [2.24, 2.45) is 5.73 Å². The number of hydrogen-bond donors (Lipinski definition) is 1. The van der Waals surface area contributed by atoms with Gasteiger partial charge >= 0.3 is 0 Å². The highest BCUT2D eigenvalue weighted by Crippen LogP contribution is 2.00. The highest BCUT2D eigenvalue weighted by molar-refractivity contribution is 6.80. The molecule has 0 fully saturated rings. The second kappa shape index (κ2) is 3.05. The molecular weight excluding hydrogens is 114 g/mol. The summed E-state index contributed by atoms with van der Waals surface area (Å²) in [5.41, 5.74) is 7.53. The summed E-state index contributed by atoms with van der Waals surface area (Å²) in [6, 6.07) is 0. The smallest absolute Gasteiger partial charge is 0.0683 e. The van der Waals surface area contributed by atoms with Gasteiger partial charge in [-0.05, 0) is 0 Å². The zero-order valence-corrected chi connectivity index (χ0v) is 6.94. The molecule has 0 rings (SSSR count). The Labute approximate surface area is 52.6 Å². The zero-order chi connectivity index (χ0) is 6.62. The summed E-state index contributed by atoms with van der Waals surface area (Å²) in [5.74, 6) is 0. The van der Waals surface area contributed by atoms with Crippen LogP contribution in [-0.4, -0.2) is 14.6 Å². The van der Waals surface area contributed by atoms with Crippen molar-refractivity contribution in [2.75, 3.05) is 6.54 Å². The largest absolute Gasteiger partial charge is 0.327 e. The fourth-order valence-corrected chi connectivity index (χ4v) is 1.26. The molecule has 0 aliphatic heterocycles. The first-order valence-electron chi connectivity index (χ1n) is 2.94. The number of nitrogens with two attached hydrogens (primary N) is 1. The highest BCUT2D eigenvalue weighted by atomic mass is 28.3. The van der Waals surface area contributed by atoms with Crippen LogP contribution < -0.4 is 5.73 Å². The van der Waals surface area contributed by atoms with E-state index >= 15 is 0 Å². The van der Waals surface area contributed by atoms with Crippen LogP contribution in [0, 0.1) is 0 Å². The monoisotopic (exact) mass is 129 g/mol. The van der Waals surface area contributed by atoms with E-state index in [0.29, 0.717) is 6.54 Å². The molecule has 0 heterocycles. The first-order valence-corrected chi connectivity index (χ1v) is 6.52. The maximum atomic E-state index is 5.27. The maximum absolute atomic E-state index is 5.27. The molecule has 0 aromatic heterocycles. The lowest BCUT2D eigenvalue weighted by Crippen LogP contribution is -2.16. The molecule has 0 saturated heterocycles. The van der Waals surface area contributed by atoms with E-state index in [9.17, 15) is 0 Å². The Hall–Kier alpha value is -0.0831. The summed E-state index contributed by atoms with van der Waals surface area (Å²) in [6.07, 6.45) is 2.05. The van der Waals surface area contributed by atoms with Gasteiger partial charge in [0.05, 0.1) is 8.07 Å². The van der Waals surface area contributed by atoms with Crippen molar-refractivity contribution in [1.29, 1.82) is 0 Å². The van der Waals surface area contributed by atoms with Crippen LogP contribution in [0.25, 0.3) is 0 Å².